The zero-order chi connectivity index (χ0) is 26.0. The summed E-state index contributed by atoms with van der Waals surface area (Å²) in [5, 5.41) is 31.2. The molecular weight excluding hydrogens is 460 g/mol. The van der Waals surface area contributed by atoms with E-state index in [-0.39, 0.29) is 38.6 Å². The molecule has 1 amide bonds. The maximum Gasteiger partial charge on any atom is 0.317 e. The van der Waals surface area contributed by atoms with E-state index < -0.39 is 17.9 Å². The fraction of sp³-hybridized carbons (Fsp3) is 0.545. The molecule has 13 nitrogen and oxygen atoms in total. The molecule has 0 saturated carbocycles. The second-order valence-electron chi connectivity index (χ2n) is 8.39. The summed E-state index contributed by atoms with van der Waals surface area (Å²) in [5.74, 6) is -3.30. The lowest BCUT2D eigenvalue weighted by molar-refractivity contribution is -0.140. The summed E-state index contributed by atoms with van der Waals surface area (Å²) in [6, 6.07) is 6.76. The van der Waals surface area contributed by atoms with Crippen molar-refractivity contribution in [2.75, 3.05) is 82.7 Å². The zero-order valence-corrected chi connectivity index (χ0v) is 19.9. The Morgan fingerprint density at radius 3 is 1.37 bits per heavy atom. The first-order chi connectivity index (χ1) is 16.5. The average molecular weight is 495 g/mol. The maximum absolute atomic E-state index is 12.6. The van der Waals surface area contributed by atoms with Gasteiger partial charge >= 0.3 is 17.9 Å². The molecular formula is C22H34N6O7. The van der Waals surface area contributed by atoms with Crippen LogP contribution in [0.1, 0.15) is 6.92 Å². The highest BCUT2D eigenvalue weighted by molar-refractivity contribution is 5.90. The molecule has 35 heavy (non-hydrogen) atoms. The lowest BCUT2D eigenvalue weighted by atomic mass is 10.2. The van der Waals surface area contributed by atoms with Crippen LogP contribution in [0.25, 0.3) is 0 Å². The molecule has 0 spiro atoms. The van der Waals surface area contributed by atoms with E-state index in [1.807, 2.05) is 0 Å². The minimum Gasteiger partial charge on any atom is -0.480 e. The van der Waals surface area contributed by atoms with Gasteiger partial charge in [-0.1, -0.05) is 0 Å². The predicted molar refractivity (Wildman–Crippen MR) is 128 cm³/mol. The highest BCUT2D eigenvalue weighted by Gasteiger charge is 2.25. The SMILES string of the molecule is CC(=O)N(c1ccc(N)cc1)N1CCN(CC(=O)O)CCN(CC(=O)O)CCN(CC(=O)O)CC1. The number of hydrogen-bond acceptors (Lipinski definition) is 9. The summed E-state index contributed by atoms with van der Waals surface area (Å²) in [7, 11) is 0. The molecule has 13 heteroatoms. The molecule has 0 unspecified atom stereocenters. The van der Waals surface area contributed by atoms with Gasteiger partial charge in [0.25, 0.3) is 0 Å². The number of carbonyl (C=O) groups excluding carboxylic acids is 1. The molecule has 194 valence electrons. The van der Waals surface area contributed by atoms with E-state index in [1.165, 1.54) is 11.9 Å². The van der Waals surface area contributed by atoms with Crippen molar-refractivity contribution in [2.45, 2.75) is 6.92 Å². The van der Waals surface area contributed by atoms with Crippen LogP contribution in [0.4, 0.5) is 11.4 Å². The highest BCUT2D eigenvalue weighted by Crippen LogP contribution is 2.19. The summed E-state index contributed by atoms with van der Waals surface area (Å²) in [6.45, 7) is 3.09. The van der Waals surface area contributed by atoms with Crippen molar-refractivity contribution in [3.05, 3.63) is 24.3 Å². The second-order valence-corrected chi connectivity index (χ2v) is 8.39. The van der Waals surface area contributed by atoms with Gasteiger partial charge in [0.1, 0.15) is 0 Å². The molecule has 1 aromatic rings. The largest absolute Gasteiger partial charge is 0.480 e. The Morgan fingerprint density at radius 1 is 0.714 bits per heavy atom. The smallest absolute Gasteiger partial charge is 0.317 e. The van der Waals surface area contributed by atoms with Gasteiger partial charge in [-0.15, -0.1) is 0 Å². The van der Waals surface area contributed by atoms with Gasteiger partial charge in [-0.05, 0) is 24.3 Å². The quantitative estimate of drug-likeness (QED) is 0.326. The first-order valence-electron chi connectivity index (χ1n) is 11.3. The Labute approximate surface area is 203 Å². The average Bonchev–Trinajstić information content (AvgIpc) is 2.75. The van der Waals surface area contributed by atoms with E-state index in [4.69, 9.17) is 5.73 Å². The molecule has 1 saturated heterocycles. The molecule has 0 bridgehead atoms. The number of amides is 1. The van der Waals surface area contributed by atoms with E-state index in [2.05, 4.69) is 0 Å². The zero-order valence-electron chi connectivity index (χ0n) is 19.9. The van der Waals surface area contributed by atoms with E-state index in [0.29, 0.717) is 50.6 Å². The Morgan fingerprint density at radius 2 is 1.06 bits per heavy atom. The number of carbonyl (C=O) groups is 4. The molecule has 0 atom stereocenters. The predicted octanol–water partition coefficient (Wildman–Crippen LogP) is -0.988. The lowest BCUT2D eigenvalue weighted by Gasteiger charge is -2.38. The third kappa shape index (κ3) is 9.86. The highest BCUT2D eigenvalue weighted by atomic mass is 16.4. The molecule has 1 aliphatic heterocycles. The Bertz CT molecular complexity index is 850. The van der Waals surface area contributed by atoms with Crippen molar-refractivity contribution in [1.82, 2.24) is 19.7 Å². The molecule has 1 aliphatic rings. The maximum atomic E-state index is 12.6. The first kappa shape index (κ1) is 28.0. The second kappa shape index (κ2) is 13.6. The lowest BCUT2D eigenvalue weighted by Crippen LogP contribution is -2.54. The van der Waals surface area contributed by atoms with Crippen LogP contribution >= 0.6 is 0 Å². The topological polar surface area (TPSA) is 171 Å². The van der Waals surface area contributed by atoms with Gasteiger partial charge in [0.2, 0.25) is 5.91 Å². The van der Waals surface area contributed by atoms with Crippen molar-refractivity contribution in [3.63, 3.8) is 0 Å². The van der Waals surface area contributed by atoms with Crippen LogP contribution in [0.2, 0.25) is 0 Å². The number of nitrogen functional groups attached to an aromatic ring is 1. The van der Waals surface area contributed by atoms with Gasteiger partial charge in [0, 0.05) is 65.0 Å². The van der Waals surface area contributed by atoms with Crippen LogP contribution in [-0.2, 0) is 19.2 Å². The van der Waals surface area contributed by atoms with Crippen molar-refractivity contribution in [1.29, 1.82) is 0 Å². The van der Waals surface area contributed by atoms with Crippen LogP contribution in [0.3, 0.4) is 0 Å². The molecule has 5 N–H and O–H groups in total. The third-order valence-electron chi connectivity index (χ3n) is 5.61. The van der Waals surface area contributed by atoms with Crippen LogP contribution in [0, 0.1) is 0 Å². The Kier molecular flexibility index (Phi) is 10.9. The van der Waals surface area contributed by atoms with Crippen LogP contribution in [0.5, 0.6) is 0 Å². The standard InChI is InChI=1S/C22H34N6O7/c1-17(29)28(19-4-2-18(23)3-5-19)27-12-10-25(15-21(32)33)8-6-24(14-20(30)31)7-9-26(11-13-27)16-22(34)35/h2-5H,6-16,23H2,1H3,(H,30,31)(H,32,33)(H,34,35). The summed E-state index contributed by atoms with van der Waals surface area (Å²) < 4.78 is 0. The van der Waals surface area contributed by atoms with Crippen LogP contribution < -0.4 is 10.7 Å². The van der Waals surface area contributed by atoms with Crippen molar-refractivity contribution < 1.29 is 34.5 Å². The van der Waals surface area contributed by atoms with E-state index in [9.17, 15) is 34.5 Å². The van der Waals surface area contributed by atoms with E-state index in [1.54, 1.807) is 44.0 Å². The monoisotopic (exact) mass is 494 g/mol. The number of rotatable bonds is 8. The normalized spacial score (nSPS) is 17.7. The van der Waals surface area contributed by atoms with E-state index >= 15 is 0 Å². The van der Waals surface area contributed by atoms with Crippen molar-refractivity contribution in [2.24, 2.45) is 0 Å². The molecule has 0 aromatic heterocycles. The molecule has 1 heterocycles. The summed E-state index contributed by atoms with van der Waals surface area (Å²) in [5.41, 5.74) is 6.91. The molecule has 1 aromatic carbocycles. The number of nitrogens with zero attached hydrogens (tertiary/aromatic N) is 5. The fourth-order valence-corrected chi connectivity index (χ4v) is 3.93. The van der Waals surface area contributed by atoms with Gasteiger partial charge in [0.15, 0.2) is 0 Å². The number of nitrogens with two attached hydrogens (primary N) is 1. The van der Waals surface area contributed by atoms with Gasteiger partial charge in [-0.25, -0.2) is 10.0 Å². The first-order valence-corrected chi connectivity index (χ1v) is 11.3. The third-order valence-corrected chi connectivity index (χ3v) is 5.61. The number of hydrazine groups is 1. The fourth-order valence-electron chi connectivity index (χ4n) is 3.93. The van der Waals surface area contributed by atoms with E-state index in [0.717, 1.165) is 0 Å². The summed E-state index contributed by atoms with van der Waals surface area (Å²) in [6.07, 6.45) is 0. The summed E-state index contributed by atoms with van der Waals surface area (Å²) in [4.78, 5) is 51.8. The molecule has 0 aliphatic carbocycles. The minimum atomic E-state index is -1.02. The van der Waals surface area contributed by atoms with Gasteiger partial charge in [0.05, 0.1) is 25.3 Å². The van der Waals surface area contributed by atoms with Crippen molar-refractivity contribution >= 4 is 35.2 Å². The summed E-state index contributed by atoms with van der Waals surface area (Å²) >= 11 is 0. The number of carboxylic acids is 3. The Hall–Kier alpha value is -3.26. The Balaban J connectivity index is 2.33. The number of benzene rings is 1. The number of carboxylic acid groups (broad SMARTS) is 3. The molecule has 0 radical (unpaired) electrons. The van der Waals surface area contributed by atoms with Crippen LogP contribution in [0.15, 0.2) is 24.3 Å². The van der Waals surface area contributed by atoms with Gasteiger partial charge in [-0.3, -0.25) is 33.9 Å². The molecule has 2 rings (SSSR count). The number of anilines is 2. The van der Waals surface area contributed by atoms with Gasteiger partial charge < -0.3 is 21.1 Å². The molecule has 1 fully saturated rings. The van der Waals surface area contributed by atoms with Crippen LogP contribution in [-0.4, -0.2) is 131 Å². The van der Waals surface area contributed by atoms with Gasteiger partial charge in [-0.2, -0.15) is 0 Å². The number of aliphatic carboxylic acids is 3. The van der Waals surface area contributed by atoms with Crippen molar-refractivity contribution in [3.8, 4) is 0 Å². The minimum absolute atomic E-state index is 0.233. The number of hydrogen-bond donors (Lipinski definition) is 4.